The molecule has 1 saturated heterocycles. The zero-order valence-corrected chi connectivity index (χ0v) is 20.2. The van der Waals surface area contributed by atoms with Crippen molar-refractivity contribution < 1.29 is 9.59 Å². The first kappa shape index (κ1) is 24.0. The van der Waals surface area contributed by atoms with Crippen molar-refractivity contribution in [1.82, 2.24) is 15.1 Å². The van der Waals surface area contributed by atoms with E-state index in [2.05, 4.69) is 21.9 Å². The van der Waals surface area contributed by atoms with Crippen LogP contribution in [0.25, 0.3) is 0 Å². The molecule has 2 amide bonds. The van der Waals surface area contributed by atoms with E-state index in [1.807, 2.05) is 38.1 Å². The number of rotatable bonds is 6. The first-order valence-corrected chi connectivity index (χ1v) is 12.0. The molecular weight excluding hydrogens is 422 g/mol. The Morgan fingerprint density at radius 2 is 1.94 bits per heavy atom. The highest BCUT2D eigenvalue weighted by atomic mass is 32.2. The molecule has 1 aromatic rings. The van der Waals surface area contributed by atoms with Gasteiger partial charge in [-0.1, -0.05) is 12.8 Å². The molecule has 7 nitrogen and oxygen atoms in total. The fourth-order valence-electron chi connectivity index (χ4n) is 4.36. The number of likely N-dealkylation sites (N-methyl/N-ethyl adjacent to an activating group) is 1. The highest BCUT2D eigenvalue weighted by molar-refractivity contribution is 7.99. The van der Waals surface area contributed by atoms with E-state index in [-0.39, 0.29) is 11.8 Å². The van der Waals surface area contributed by atoms with E-state index >= 15 is 0 Å². The van der Waals surface area contributed by atoms with Gasteiger partial charge in [-0.05, 0) is 57.7 Å². The number of amidine groups is 1. The van der Waals surface area contributed by atoms with E-state index in [0.717, 1.165) is 23.6 Å². The molecule has 0 radical (unpaired) electrons. The maximum absolute atomic E-state index is 13.2. The molecule has 0 atom stereocenters. The van der Waals surface area contributed by atoms with Gasteiger partial charge in [0.05, 0.1) is 17.5 Å². The Bertz CT molecular complexity index is 917. The molecule has 2 fully saturated rings. The Hall–Kier alpha value is -2.61. The Morgan fingerprint density at radius 1 is 1.28 bits per heavy atom. The highest BCUT2D eigenvalue weighted by Crippen LogP contribution is 2.34. The average Bonchev–Trinajstić information content (AvgIpc) is 3.31. The van der Waals surface area contributed by atoms with Crippen molar-refractivity contribution in [3.8, 4) is 0 Å². The standard InChI is InChI=1S/C24H33N5O2S/c1-24(2)15-29(18-8-6-7-9-18)21(20(14-25-3)28(5)23(24)31)27-16-32-19-12-10-17(11-13-19)22(30)26-4/h10-14,18H,3,6-9,15-16H2,1-2,4-5H3,(H,26,30)/b20-14+,27-21+. The van der Waals surface area contributed by atoms with Crippen LogP contribution in [0.15, 0.2) is 51.0 Å². The third-order valence-corrected chi connectivity index (χ3v) is 6.94. The number of benzene rings is 1. The Labute approximate surface area is 195 Å². The summed E-state index contributed by atoms with van der Waals surface area (Å²) in [4.78, 5) is 38.9. The summed E-state index contributed by atoms with van der Waals surface area (Å²) < 4.78 is 0. The molecule has 0 aromatic heterocycles. The summed E-state index contributed by atoms with van der Waals surface area (Å²) >= 11 is 1.59. The van der Waals surface area contributed by atoms with Crippen LogP contribution in [0.2, 0.25) is 0 Å². The number of carbonyl (C=O) groups excluding carboxylic acids is 2. The van der Waals surface area contributed by atoms with Gasteiger partial charge >= 0.3 is 0 Å². The van der Waals surface area contributed by atoms with Crippen LogP contribution in [-0.4, -0.2) is 66.7 Å². The summed E-state index contributed by atoms with van der Waals surface area (Å²) in [6.07, 6.45) is 6.25. The van der Waals surface area contributed by atoms with E-state index in [9.17, 15) is 9.59 Å². The SMILES string of the molecule is C=N/C=C1\C(=N/CSc2ccc(C(=O)NC)cc2)N(C2CCCC2)CC(C)(C)C(=O)N1C. The average molecular weight is 456 g/mol. The van der Waals surface area contributed by atoms with Crippen LogP contribution in [0.1, 0.15) is 49.9 Å². The van der Waals surface area contributed by atoms with Crippen molar-refractivity contribution in [3.05, 3.63) is 41.7 Å². The second-order valence-corrected chi connectivity index (χ2v) is 9.89. The second kappa shape index (κ2) is 10.3. The van der Waals surface area contributed by atoms with Gasteiger partial charge in [0, 0.05) is 37.1 Å². The topological polar surface area (TPSA) is 77.4 Å². The third kappa shape index (κ3) is 5.23. The minimum atomic E-state index is -0.530. The van der Waals surface area contributed by atoms with Crippen LogP contribution in [0.3, 0.4) is 0 Å². The zero-order chi connectivity index (χ0) is 23.3. The van der Waals surface area contributed by atoms with Crippen molar-refractivity contribution in [2.75, 3.05) is 26.5 Å². The van der Waals surface area contributed by atoms with Crippen LogP contribution in [0.5, 0.6) is 0 Å². The molecule has 0 spiro atoms. The number of nitrogens with zero attached hydrogens (tertiary/aromatic N) is 4. The maximum Gasteiger partial charge on any atom is 0.251 e. The largest absolute Gasteiger partial charge is 0.355 e. The second-order valence-electron chi connectivity index (χ2n) is 8.87. The lowest BCUT2D eigenvalue weighted by molar-refractivity contribution is -0.136. The highest BCUT2D eigenvalue weighted by Gasteiger charge is 2.42. The maximum atomic E-state index is 13.2. The summed E-state index contributed by atoms with van der Waals surface area (Å²) in [6.45, 7) is 8.24. The summed E-state index contributed by atoms with van der Waals surface area (Å²) in [5.74, 6) is 1.25. The number of hydrogen-bond donors (Lipinski definition) is 1. The number of carbonyl (C=O) groups is 2. The van der Waals surface area contributed by atoms with Gasteiger partial charge in [0.25, 0.3) is 5.91 Å². The predicted molar refractivity (Wildman–Crippen MR) is 131 cm³/mol. The normalized spacial score (nSPS) is 21.8. The number of hydrogen-bond acceptors (Lipinski definition) is 5. The monoisotopic (exact) mass is 455 g/mol. The van der Waals surface area contributed by atoms with Crippen molar-refractivity contribution in [1.29, 1.82) is 0 Å². The van der Waals surface area contributed by atoms with Gasteiger partial charge in [0.1, 0.15) is 5.70 Å². The summed E-state index contributed by atoms with van der Waals surface area (Å²) in [5, 5.41) is 2.63. The van der Waals surface area contributed by atoms with Crippen LogP contribution < -0.4 is 5.32 Å². The molecule has 1 aromatic carbocycles. The molecule has 1 N–H and O–H groups in total. The Kier molecular flexibility index (Phi) is 7.77. The van der Waals surface area contributed by atoms with Crippen LogP contribution in [0.4, 0.5) is 0 Å². The molecule has 2 aliphatic rings. The fourth-order valence-corrected chi connectivity index (χ4v) is 5.03. The minimum absolute atomic E-state index is 0.0537. The van der Waals surface area contributed by atoms with Crippen molar-refractivity contribution in [2.24, 2.45) is 15.4 Å². The molecule has 0 bridgehead atoms. The molecule has 8 heteroatoms. The van der Waals surface area contributed by atoms with Gasteiger partial charge in [-0.3, -0.25) is 19.6 Å². The first-order valence-electron chi connectivity index (χ1n) is 11.0. The van der Waals surface area contributed by atoms with E-state index in [4.69, 9.17) is 4.99 Å². The lowest BCUT2D eigenvalue weighted by Crippen LogP contribution is -2.44. The quantitative estimate of drug-likeness (QED) is 0.523. The molecule has 0 unspecified atom stereocenters. The van der Waals surface area contributed by atoms with Gasteiger partial charge in [-0.15, -0.1) is 11.8 Å². The van der Waals surface area contributed by atoms with E-state index < -0.39 is 5.41 Å². The molecule has 1 aliphatic heterocycles. The van der Waals surface area contributed by atoms with E-state index in [1.165, 1.54) is 12.8 Å². The molecule has 1 saturated carbocycles. The lowest BCUT2D eigenvalue weighted by Gasteiger charge is -2.34. The van der Waals surface area contributed by atoms with Gasteiger partial charge < -0.3 is 15.1 Å². The zero-order valence-electron chi connectivity index (χ0n) is 19.4. The predicted octanol–water partition coefficient (Wildman–Crippen LogP) is 3.78. The summed E-state index contributed by atoms with van der Waals surface area (Å²) in [5.41, 5.74) is 0.791. The Morgan fingerprint density at radius 3 is 2.53 bits per heavy atom. The molecule has 172 valence electrons. The van der Waals surface area contributed by atoms with E-state index in [0.29, 0.717) is 29.7 Å². The molecule has 3 rings (SSSR count). The smallest absolute Gasteiger partial charge is 0.251 e. The molecular formula is C24H33N5O2S. The van der Waals surface area contributed by atoms with Gasteiger partial charge in [-0.25, -0.2) is 0 Å². The van der Waals surface area contributed by atoms with Crippen molar-refractivity contribution >= 4 is 36.1 Å². The minimum Gasteiger partial charge on any atom is -0.355 e. The summed E-state index contributed by atoms with van der Waals surface area (Å²) in [7, 11) is 3.41. The van der Waals surface area contributed by atoms with Crippen LogP contribution >= 0.6 is 11.8 Å². The number of nitrogens with one attached hydrogen (secondary N) is 1. The number of thioether (sulfide) groups is 1. The van der Waals surface area contributed by atoms with Gasteiger partial charge in [0.15, 0.2) is 5.84 Å². The van der Waals surface area contributed by atoms with Gasteiger partial charge in [0.2, 0.25) is 5.91 Å². The van der Waals surface area contributed by atoms with Crippen molar-refractivity contribution in [2.45, 2.75) is 50.5 Å². The Balaban J connectivity index is 1.89. The van der Waals surface area contributed by atoms with Crippen molar-refractivity contribution in [3.63, 3.8) is 0 Å². The first-order chi connectivity index (χ1) is 15.3. The molecule has 1 heterocycles. The number of amides is 2. The van der Waals surface area contributed by atoms with Crippen LogP contribution in [-0.2, 0) is 4.79 Å². The molecule has 32 heavy (non-hydrogen) atoms. The van der Waals surface area contributed by atoms with E-state index in [1.54, 1.807) is 37.0 Å². The lowest BCUT2D eigenvalue weighted by atomic mass is 9.91. The summed E-state index contributed by atoms with van der Waals surface area (Å²) in [6, 6.07) is 7.85. The number of aliphatic imine (C=N–C) groups is 2. The van der Waals surface area contributed by atoms with Crippen LogP contribution in [0, 0.1) is 5.41 Å². The fraction of sp³-hybridized carbons (Fsp3) is 0.500. The molecule has 1 aliphatic carbocycles. The third-order valence-electron chi connectivity index (χ3n) is 6.08. The van der Waals surface area contributed by atoms with Gasteiger partial charge in [-0.2, -0.15) is 0 Å².